The van der Waals surface area contributed by atoms with Crippen LogP contribution in [-0.2, 0) is 13.1 Å². The Morgan fingerprint density at radius 2 is 2.10 bits per heavy atom. The monoisotopic (exact) mass is 276 g/mol. The van der Waals surface area contributed by atoms with E-state index in [0.29, 0.717) is 6.54 Å². The van der Waals surface area contributed by atoms with Gasteiger partial charge in [0.2, 0.25) is 0 Å². The van der Waals surface area contributed by atoms with Crippen molar-refractivity contribution in [3.05, 3.63) is 29.3 Å². The van der Waals surface area contributed by atoms with Gasteiger partial charge in [-0.05, 0) is 49.4 Å². The Bertz CT molecular complexity index is 427. The summed E-state index contributed by atoms with van der Waals surface area (Å²) in [5.41, 5.74) is 8.21. The van der Waals surface area contributed by atoms with Crippen LogP contribution in [0.4, 0.5) is 0 Å². The van der Waals surface area contributed by atoms with E-state index in [4.69, 9.17) is 10.5 Å². The number of nitrogens with two attached hydrogens (primary N) is 1. The lowest BCUT2D eigenvalue weighted by molar-refractivity contribution is 0.236. The van der Waals surface area contributed by atoms with Crippen LogP contribution >= 0.6 is 0 Å². The highest BCUT2D eigenvalue weighted by atomic mass is 16.5. The SMILES string of the molecule is COc1ccc(CN)cc1CN(CCC(C)C)C1CC1. The maximum atomic E-state index is 5.76. The Morgan fingerprint density at radius 3 is 2.65 bits per heavy atom. The third-order valence-corrected chi connectivity index (χ3v) is 4.01. The Morgan fingerprint density at radius 1 is 1.35 bits per heavy atom. The van der Waals surface area contributed by atoms with Crippen molar-refractivity contribution in [2.45, 2.75) is 52.2 Å². The second kappa shape index (κ2) is 7.09. The maximum Gasteiger partial charge on any atom is 0.123 e. The fourth-order valence-corrected chi connectivity index (χ4v) is 2.56. The lowest BCUT2D eigenvalue weighted by atomic mass is 10.1. The van der Waals surface area contributed by atoms with E-state index in [1.165, 1.54) is 36.9 Å². The number of rotatable bonds is 8. The minimum Gasteiger partial charge on any atom is -0.496 e. The zero-order valence-electron chi connectivity index (χ0n) is 13.1. The van der Waals surface area contributed by atoms with Gasteiger partial charge in [0.05, 0.1) is 7.11 Å². The van der Waals surface area contributed by atoms with Gasteiger partial charge in [0.15, 0.2) is 0 Å². The lowest BCUT2D eigenvalue weighted by Crippen LogP contribution is -2.27. The standard InChI is InChI=1S/C17H28N2O/c1-13(2)8-9-19(16-5-6-16)12-15-10-14(11-18)4-7-17(15)20-3/h4,7,10,13,16H,5-6,8-9,11-12,18H2,1-3H3. The van der Waals surface area contributed by atoms with Crippen molar-refractivity contribution >= 4 is 0 Å². The topological polar surface area (TPSA) is 38.5 Å². The van der Waals surface area contributed by atoms with Crippen LogP contribution in [0.5, 0.6) is 5.75 Å². The van der Waals surface area contributed by atoms with E-state index in [2.05, 4.69) is 30.9 Å². The fraction of sp³-hybridized carbons (Fsp3) is 0.647. The van der Waals surface area contributed by atoms with Crippen molar-refractivity contribution < 1.29 is 4.74 Å². The van der Waals surface area contributed by atoms with Crippen LogP contribution in [0.1, 0.15) is 44.2 Å². The molecule has 1 fully saturated rings. The van der Waals surface area contributed by atoms with E-state index in [1.807, 2.05) is 6.07 Å². The van der Waals surface area contributed by atoms with Crippen molar-refractivity contribution in [2.75, 3.05) is 13.7 Å². The number of ether oxygens (including phenoxy) is 1. The highest BCUT2D eigenvalue weighted by Gasteiger charge is 2.29. The number of hydrogen-bond donors (Lipinski definition) is 1. The molecule has 0 saturated heterocycles. The van der Waals surface area contributed by atoms with Gasteiger partial charge in [-0.3, -0.25) is 4.90 Å². The third kappa shape index (κ3) is 4.22. The molecule has 112 valence electrons. The van der Waals surface area contributed by atoms with E-state index in [0.717, 1.165) is 24.3 Å². The first-order chi connectivity index (χ1) is 9.63. The summed E-state index contributed by atoms with van der Waals surface area (Å²) in [6.07, 6.45) is 3.95. The summed E-state index contributed by atoms with van der Waals surface area (Å²) in [7, 11) is 1.75. The quantitative estimate of drug-likeness (QED) is 0.792. The molecule has 2 N–H and O–H groups in total. The third-order valence-electron chi connectivity index (χ3n) is 4.01. The van der Waals surface area contributed by atoms with Gasteiger partial charge in [-0.15, -0.1) is 0 Å². The lowest BCUT2D eigenvalue weighted by Gasteiger charge is -2.24. The molecule has 0 bridgehead atoms. The second-order valence-corrected chi connectivity index (χ2v) is 6.23. The average molecular weight is 276 g/mol. The molecule has 3 nitrogen and oxygen atoms in total. The molecule has 0 unspecified atom stereocenters. The number of methoxy groups -OCH3 is 1. The highest BCUT2D eigenvalue weighted by Crippen LogP contribution is 2.31. The first-order valence-corrected chi connectivity index (χ1v) is 7.74. The second-order valence-electron chi connectivity index (χ2n) is 6.23. The Labute approximate surface area is 123 Å². The van der Waals surface area contributed by atoms with E-state index in [9.17, 15) is 0 Å². The van der Waals surface area contributed by atoms with Gasteiger partial charge in [-0.2, -0.15) is 0 Å². The number of nitrogens with zero attached hydrogens (tertiary/aromatic N) is 1. The Kier molecular flexibility index (Phi) is 5.44. The molecule has 0 radical (unpaired) electrons. The average Bonchev–Trinajstić information content (AvgIpc) is 3.27. The summed E-state index contributed by atoms with van der Waals surface area (Å²) in [6, 6.07) is 7.08. The van der Waals surface area contributed by atoms with Crippen LogP contribution in [-0.4, -0.2) is 24.6 Å². The Hall–Kier alpha value is -1.06. The summed E-state index contributed by atoms with van der Waals surface area (Å²) in [5, 5.41) is 0. The molecule has 0 spiro atoms. The van der Waals surface area contributed by atoms with Crippen molar-refractivity contribution in [1.82, 2.24) is 4.90 Å². The summed E-state index contributed by atoms with van der Waals surface area (Å²) < 4.78 is 5.50. The van der Waals surface area contributed by atoms with Gasteiger partial charge >= 0.3 is 0 Å². The molecule has 1 aromatic carbocycles. The molecule has 0 heterocycles. The maximum absolute atomic E-state index is 5.76. The van der Waals surface area contributed by atoms with Crippen molar-refractivity contribution in [2.24, 2.45) is 11.7 Å². The number of hydrogen-bond acceptors (Lipinski definition) is 3. The fourth-order valence-electron chi connectivity index (χ4n) is 2.56. The molecule has 0 aromatic heterocycles. The zero-order chi connectivity index (χ0) is 14.5. The zero-order valence-corrected chi connectivity index (χ0v) is 13.1. The van der Waals surface area contributed by atoms with Crippen molar-refractivity contribution in [3.63, 3.8) is 0 Å². The van der Waals surface area contributed by atoms with Crippen LogP contribution in [0, 0.1) is 5.92 Å². The predicted molar refractivity (Wildman–Crippen MR) is 83.8 cm³/mol. The van der Waals surface area contributed by atoms with Crippen molar-refractivity contribution in [3.8, 4) is 5.75 Å². The van der Waals surface area contributed by atoms with E-state index >= 15 is 0 Å². The largest absolute Gasteiger partial charge is 0.496 e. The van der Waals surface area contributed by atoms with E-state index < -0.39 is 0 Å². The summed E-state index contributed by atoms with van der Waals surface area (Å²) in [4.78, 5) is 2.61. The molecule has 1 aromatic rings. The smallest absolute Gasteiger partial charge is 0.123 e. The molecule has 2 rings (SSSR count). The van der Waals surface area contributed by atoms with Gasteiger partial charge in [-0.1, -0.05) is 19.9 Å². The molecule has 3 heteroatoms. The van der Waals surface area contributed by atoms with Crippen molar-refractivity contribution in [1.29, 1.82) is 0 Å². The van der Waals surface area contributed by atoms with Gasteiger partial charge in [0.1, 0.15) is 5.75 Å². The first kappa shape index (κ1) is 15.3. The molecule has 1 saturated carbocycles. The molecule has 1 aliphatic rings. The van der Waals surface area contributed by atoms with Crippen LogP contribution in [0.2, 0.25) is 0 Å². The van der Waals surface area contributed by atoms with E-state index in [-0.39, 0.29) is 0 Å². The van der Waals surface area contributed by atoms with Gasteiger partial charge in [-0.25, -0.2) is 0 Å². The number of benzene rings is 1. The summed E-state index contributed by atoms with van der Waals surface area (Å²) in [6.45, 7) is 7.33. The first-order valence-electron chi connectivity index (χ1n) is 7.74. The minimum atomic E-state index is 0.590. The van der Waals surface area contributed by atoms with E-state index in [1.54, 1.807) is 7.11 Å². The van der Waals surface area contributed by atoms with Crippen LogP contribution in [0.15, 0.2) is 18.2 Å². The molecule has 0 aliphatic heterocycles. The van der Waals surface area contributed by atoms with Gasteiger partial charge in [0, 0.05) is 24.7 Å². The van der Waals surface area contributed by atoms with Gasteiger partial charge in [0.25, 0.3) is 0 Å². The molecular formula is C17H28N2O. The molecule has 0 amide bonds. The normalized spacial score (nSPS) is 15.1. The summed E-state index contributed by atoms with van der Waals surface area (Å²) in [5.74, 6) is 1.74. The van der Waals surface area contributed by atoms with Crippen LogP contribution < -0.4 is 10.5 Å². The highest BCUT2D eigenvalue weighted by molar-refractivity contribution is 5.37. The molecule has 20 heavy (non-hydrogen) atoms. The van der Waals surface area contributed by atoms with Gasteiger partial charge < -0.3 is 10.5 Å². The predicted octanol–water partition coefficient (Wildman–Crippen LogP) is 3.16. The van der Waals surface area contributed by atoms with Crippen LogP contribution in [0.3, 0.4) is 0 Å². The summed E-state index contributed by atoms with van der Waals surface area (Å²) >= 11 is 0. The van der Waals surface area contributed by atoms with Crippen LogP contribution in [0.25, 0.3) is 0 Å². The Balaban J connectivity index is 2.08. The molecule has 1 aliphatic carbocycles. The molecule has 0 atom stereocenters. The minimum absolute atomic E-state index is 0.590. The molecular weight excluding hydrogens is 248 g/mol.